The van der Waals surface area contributed by atoms with Crippen molar-refractivity contribution in [2.75, 3.05) is 7.11 Å². The Kier molecular flexibility index (Phi) is 4.18. The highest BCUT2D eigenvalue weighted by Gasteiger charge is 2.49. The van der Waals surface area contributed by atoms with Crippen LogP contribution in [-0.2, 0) is 12.8 Å². The summed E-state index contributed by atoms with van der Waals surface area (Å²) >= 11 is 0. The maximum absolute atomic E-state index is 14.7. The third-order valence-corrected chi connectivity index (χ3v) is 5.94. The van der Waals surface area contributed by atoms with Crippen LogP contribution < -0.4 is 4.74 Å². The van der Waals surface area contributed by atoms with E-state index < -0.39 is 64.9 Å². The lowest BCUT2D eigenvalue weighted by Gasteiger charge is -2.39. The van der Waals surface area contributed by atoms with Gasteiger partial charge in [-0.25, -0.2) is 4.39 Å². The van der Waals surface area contributed by atoms with E-state index in [9.17, 15) is 34.4 Å². The molecule has 0 fully saturated rings. The summed E-state index contributed by atoms with van der Waals surface area (Å²) in [4.78, 5) is 26.2. The fourth-order valence-corrected chi connectivity index (χ4v) is 4.22. The van der Waals surface area contributed by atoms with Gasteiger partial charge < -0.3 is 25.2 Å². The molecule has 3 atom stereocenters. The van der Waals surface area contributed by atoms with Gasteiger partial charge in [-0.2, -0.15) is 0 Å². The molecule has 0 aromatic heterocycles. The summed E-state index contributed by atoms with van der Waals surface area (Å²) in [6.45, 7) is 1.21. The van der Waals surface area contributed by atoms with Gasteiger partial charge in [0, 0.05) is 29.5 Å². The van der Waals surface area contributed by atoms with Crippen LogP contribution in [-0.4, -0.2) is 57.0 Å². The number of carbonyl (C=O) groups is 2. The van der Waals surface area contributed by atoms with Gasteiger partial charge in [-0.3, -0.25) is 9.59 Å². The molecular weight excluding hydrogens is 383 g/mol. The number of carbonyl (C=O) groups excluding carboxylic acids is 2. The highest BCUT2D eigenvalue weighted by molar-refractivity contribution is 6.31. The van der Waals surface area contributed by atoms with Crippen LogP contribution in [0.4, 0.5) is 4.39 Å². The summed E-state index contributed by atoms with van der Waals surface area (Å²) < 4.78 is 19.8. The van der Waals surface area contributed by atoms with Gasteiger partial charge in [-0.05, 0) is 13.0 Å². The van der Waals surface area contributed by atoms with Crippen LogP contribution in [0, 0.1) is 0 Å². The normalized spacial score (nSPS) is 23.8. The van der Waals surface area contributed by atoms with Crippen LogP contribution in [0.3, 0.4) is 0 Å². The number of hydrogen-bond donors (Lipinski definition) is 4. The molecule has 0 saturated carbocycles. The molecule has 4 rings (SSSR count). The molecule has 0 saturated heterocycles. The van der Waals surface area contributed by atoms with Crippen LogP contribution in [0.1, 0.15) is 49.9 Å². The summed E-state index contributed by atoms with van der Waals surface area (Å²) in [5, 5.41) is 42.0. The minimum Gasteiger partial charge on any atom is -0.507 e. The van der Waals surface area contributed by atoms with E-state index in [1.165, 1.54) is 32.2 Å². The number of aliphatic hydroxyl groups excluding tert-OH is 1. The lowest BCUT2D eigenvalue weighted by molar-refractivity contribution is -0.118. The molecule has 2 aromatic carbocycles. The molecule has 7 nitrogen and oxygen atoms in total. The number of fused-ring (bicyclic) bond motifs is 3. The molecule has 152 valence electrons. The van der Waals surface area contributed by atoms with Crippen LogP contribution in [0.2, 0.25) is 0 Å². The molecular formula is C21H19FO7. The maximum atomic E-state index is 14.7. The van der Waals surface area contributed by atoms with Crippen molar-refractivity contribution in [3.05, 3.63) is 51.6 Å². The number of halogens is 1. The van der Waals surface area contributed by atoms with Gasteiger partial charge in [-0.15, -0.1) is 0 Å². The quantitative estimate of drug-likeness (QED) is 0.478. The van der Waals surface area contributed by atoms with E-state index in [0.29, 0.717) is 0 Å². The fraction of sp³-hybridized carbons (Fsp3) is 0.333. The number of ketones is 2. The molecule has 0 aliphatic heterocycles. The van der Waals surface area contributed by atoms with E-state index in [-0.39, 0.29) is 28.0 Å². The van der Waals surface area contributed by atoms with Crippen molar-refractivity contribution in [2.24, 2.45) is 0 Å². The van der Waals surface area contributed by atoms with Crippen LogP contribution in [0.25, 0.3) is 0 Å². The number of aliphatic hydroxyl groups is 2. The molecule has 8 heteroatoms. The van der Waals surface area contributed by atoms with Crippen molar-refractivity contribution < 1.29 is 39.1 Å². The number of benzene rings is 2. The number of hydrogen-bond acceptors (Lipinski definition) is 7. The average Bonchev–Trinajstić information content (AvgIpc) is 2.69. The average molecular weight is 402 g/mol. The van der Waals surface area contributed by atoms with Gasteiger partial charge in [0.15, 0.2) is 5.78 Å². The smallest absolute Gasteiger partial charge is 0.202 e. The van der Waals surface area contributed by atoms with Crippen molar-refractivity contribution >= 4 is 11.6 Å². The monoisotopic (exact) mass is 402 g/mol. The Morgan fingerprint density at radius 2 is 1.72 bits per heavy atom. The first kappa shape index (κ1) is 19.4. The summed E-state index contributed by atoms with van der Waals surface area (Å²) in [5.74, 6) is -2.51. The van der Waals surface area contributed by atoms with Gasteiger partial charge in [0.2, 0.25) is 5.78 Å². The first-order valence-electron chi connectivity index (χ1n) is 9.04. The second-order valence-electron chi connectivity index (χ2n) is 7.46. The lowest BCUT2D eigenvalue weighted by Crippen LogP contribution is -2.54. The van der Waals surface area contributed by atoms with E-state index >= 15 is 0 Å². The van der Waals surface area contributed by atoms with Crippen molar-refractivity contribution in [3.63, 3.8) is 0 Å². The van der Waals surface area contributed by atoms with E-state index in [0.717, 1.165) is 0 Å². The Morgan fingerprint density at radius 1 is 1.10 bits per heavy atom. The molecule has 0 radical (unpaired) electrons. The first-order chi connectivity index (χ1) is 13.6. The Hall–Kier alpha value is -2.97. The van der Waals surface area contributed by atoms with E-state index in [1.54, 1.807) is 0 Å². The lowest BCUT2D eigenvalue weighted by atomic mass is 9.72. The number of aromatic hydroxyl groups is 2. The zero-order chi connectivity index (χ0) is 21.2. The van der Waals surface area contributed by atoms with Gasteiger partial charge in [0.1, 0.15) is 29.0 Å². The van der Waals surface area contributed by atoms with Crippen molar-refractivity contribution in [1.82, 2.24) is 0 Å². The van der Waals surface area contributed by atoms with E-state index in [4.69, 9.17) is 4.74 Å². The topological polar surface area (TPSA) is 124 Å². The Balaban J connectivity index is 2.00. The summed E-state index contributed by atoms with van der Waals surface area (Å²) in [6, 6.07) is 4.41. The maximum Gasteiger partial charge on any atom is 0.202 e. The second-order valence-corrected chi connectivity index (χ2v) is 7.46. The predicted molar refractivity (Wildman–Crippen MR) is 98.6 cm³/mol. The molecule has 3 unspecified atom stereocenters. The minimum atomic E-state index is -2.20. The molecule has 2 aliphatic rings. The molecule has 0 amide bonds. The summed E-state index contributed by atoms with van der Waals surface area (Å²) in [6.07, 6.45) is -4.48. The Bertz CT molecular complexity index is 1080. The number of alkyl halides is 1. The van der Waals surface area contributed by atoms with Gasteiger partial charge in [-0.1, -0.05) is 12.1 Å². The minimum absolute atomic E-state index is 0.00136. The Morgan fingerprint density at radius 3 is 2.34 bits per heavy atom. The van der Waals surface area contributed by atoms with Gasteiger partial charge in [0.05, 0.1) is 29.9 Å². The van der Waals surface area contributed by atoms with Gasteiger partial charge >= 0.3 is 0 Å². The summed E-state index contributed by atoms with van der Waals surface area (Å²) in [7, 11) is 1.33. The van der Waals surface area contributed by atoms with Crippen LogP contribution >= 0.6 is 0 Å². The highest BCUT2D eigenvalue weighted by Crippen LogP contribution is 2.48. The van der Waals surface area contributed by atoms with Crippen LogP contribution in [0.5, 0.6) is 17.2 Å². The summed E-state index contributed by atoms with van der Waals surface area (Å²) in [5.41, 5.74) is -3.20. The Labute approximate surface area is 165 Å². The first-order valence-corrected chi connectivity index (χ1v) is 9.04. The zero-order valence-electron chi connectivity index (χ0n) is 15.7. The van der Waals surface area contributed by atoms with E-state index in [2.05, 4.69) is 0 Å². The molecule has 4 N–H and O–H groups in total. The van der Waals surface area contributed by atoms with Crippen molar-refractivity contribution in [1.29, 1.82) is 0 Å². The third-order valence-electron chi connectivity index (χ3n) is 5.94. The predicted octanol–water partition coefficient (Wildman–Crippen LogP) is 1.43. The molecule has 2 aliphatic carbocycles. The molecule has 2 aromatic rings. The third kappa shape index (κ3) is 2.42. The molecule has 0 heterocycles. The van der Waals surface area contributed by atoms with Crippen LogP contribution in [0.15, 0.2) is 18.2 Å². The molecule has 0 spiro atoms. The number of methoxy groups -OCH3 is 1. The zero-order valence-corrected chi connectivity index (χ0v) is 15.7. The van der Waals surface area contributed by atoms with Crippen molar-refractivity contribution in [3.8, 4) is 17.2 Å². The molecule has 0 bridgehead atoms. The highest BCUT2D eigenvalue weighted by atomic mass is 19.1. The number of phenolic OH excluding ortho intramolecular Hbond substituents is 2. The second kappa shape index (κ2) is 6.27. The molecule has 29 heavy (non-hydrogen) atoms. The number of phenols is 2. The standard InChI is InChI=1S/C21H19FO7/c1-8(23)21(28)7-11-10(6-13(21)22)18(25)16-15(19(11)26)17(24)9-4-3-5-12(29-2)14(9)20(16)27/h3-5,8,13,23,25-26,28H,6-7H2,1-2H3. The fourth-order valence-electron chi connectivity index (χ4n) is 4.22. The largest absolute Gasteiger partial charge is 0.507 e. The SMILES string of the molecule is COc1cccc2c1C(=O)c1c(O)c3c(c(O)c1C2=O)CC(O)(C(C)O)C(F)C3. The van der Waals surface area contributed by atoms with Crippen molar-refractivity contribution in [2.45, 2.75) is 37.6 Å². The van der Waals surface area contributed by atoms with E-state index in [1.807, 2.05) is 0 Å². The number of ether oxygens (including phenoxy) is 1. The van der Waals surface area contributed by atoms with Gasteiger partial charge in [0.25, 0.3) is 0 Å². The number of rotatable bonds is 2.